The Kier molecular flexibility index (Phi) is 5.29. The molecule has 1 atom stereocenters. The molecule has 1 aliphatic carbocycles. The fourth-order valence-electron chi connectivity index (χ4n) is 3.83. The van der Waals surface area contributed by atoms with Crippen molar-refractivity contribution in [3.05, 3.63) is 102 Å². The van der Waals surface area contributed by atoms with Gasteiger partial charge in [0.05, 0.1) is 5.54 Å². The summed E-state index contributed by atoms with van der Waals surface area (Å²) in [7, 11) is 0. The number of nitrogens with one attached hydrogen (secondary N) is 3. The van der Waals surface area contributed by atoms with Gasteiger partial charge in [0.2, 0.25) is 5.82 Å². The Bertz CT molecular complexity index is 1220. The number of allylic oxidation sites excluding steroid dienone is 4. The molecular weight excluding hydrogens is 400 g/mol. The Morgan fingerprint density at radius 1 is 1.06 bits per heavy atom. The largest absolute Gasteiger partial charge is 0.487 e. The maximum absolute atomic E-state index is 6.06. The first-order chi connectivity index (χ1) is 15.7. The second-order valence-electron chi connectivity index (χ2n) is 7.97. The van der Waals surface area contributed by atoms with Crippen molar-refractivity contribution in [1.29, 1.82) is 0 Å². The Hall–Kier alpha value is -4.13. The average molecular weight is 425 g/mol. The van der Waals surface area contributed by atoms with Crippen LogP contribution in [0.15, 0.2) is 96.3 Å². The van der Waals surface area contributed by atoms with Crippen molar-refractivity contribution in [2.75, 3.05) is 11.9 Å². The van der Waals surface area contributed by atoms with Crippen LogP contribution < -0.4 is 15.4 Å². The number of hydrogen-bond donors (Lipinski definition) is 3. The molecule has 7 heteroatoms. The lowest BCUT2D eigenvalue weighted by atomic mass is 9.85. The highest BCUT2D eigenvalue weighted by molar-refractivity contribution is 5.56. The maximum Gasteiger partial charge on any atom is 0.204 e. The molecule has 0 saturated heterocycles. The van der Waals surface area contributed by atoms with Crippen molar-refractivity contribution < 1.29 is 4.74 Å². The molecule has 160 valence electrons. The van der Waals surface area contributed by atoms with Crippen LogP contribution in [0.1, 0.15) is 12.5 Å². The van der Waals surface area contributed by atoms with Gasteiger partial charge >= 0.3 is 0 Å². The number of dihydropyridines is 1. The molecule has 0 bridgehead atoms. The molecule has 1 aliphatic heterocycles. The van der Waals surface area contributed by atoms with E-state index >= 15 is 0 Å². The zero-order valence-electron chi connectivity index (χ0n) is 17.7. The number of tetrazole rings is 1. The van der Waals surface area contributed by atoms with E-state index in [1.54, 1.807) is 0 Å². The number of hydrogen-bond acceptors (Lipinski definition) is 6. The molecule has 0 spiro atoms. The van der Waals surface area contributed by atoms with E-state index in [4.69, 9.17) is 4.74 Å². The molecule has 1 unspecified atom stereocenters. The smallest absolute Gasteiger partial charge is 0.204 e. The van der Waals surface area contributed by atoms with E-state index in [9.17, 15) is 0 Å². The van der Waals surface area contributed by atoms with E-state index in [1.807, 2.05) is 36.4 Å². The molecule has 0 amide bonds. The summed E-state index contributed by atoms with van der Waals surface area (Å²) >= 11 is 0. The summed E-state index contributed by atoms with van der Waals surface area (Å²) in [6.07, 6.45) is 12.7. The summed E-state index contributed by atoms with van der Waals surface area (Å²) in [6.45, 7) is 3.32. The minimum Gasteiger partial charge on any atom is -0.487 e. The van der Waals surface area contributed by atoms with Gasteiger partial charge in [0.1, 0.15) is 12.4 Å². The van der Waals surface area contributed by atoms with Crippen molar-refractivity contribution in [2.45, 2.75) is 19.0 Å². The summed E-state index contributed by atoms with van der Waals surface area (Å²) in [4.78, 5) is 0. The monoisotopic (exact) mass is 424 g/mol. The van der Waals surface area contributed by atoms with Gasteiger partial charge in [-0.15, -0.1) is 10.2 Å². The fourth-order valence-corrected chi connectivity index (χ4v) is 3.83. The number of anilines is 1. The number of aromatic amines is 1. The first-order valence-electron chi connectivity index (χ1n) is 10.5. The molecular formula is C25H24N6O. The predicted octanol–water partition coefficient (Wildman–Crippen LogP) is 4.16. The summed E-state index contributed by atoms with van der Waals surface area (Å²) in [6, 6.07) is 16.1. The number of nitrogens with zero attached hydrogens (tertiary/aromatic N) is 3. The molecule has 32 heavy (non-hydrogen) atoms. The van der Waals surface area contributed by atoms with Crippen LogP contribution in [0, 0.1) is 0 Å². The minimum atomic E-state index is -0.179. The summed E-state index contributed by atoms with van der Waals surface area (Å²) in [5.74, 6) is 1.40. The molecule has 0 fully saturated rings. The molecule has 7 nitrogen and oxygen atoms in total. The van der Waals surface area contributed by atoms with Crippen LogP contribution >= 0.6 is 0 Å². The lowest BCUT2D eigenvalue weighted by Gasteiger charge is -2.35. The third kappa shape index (κ3) is 4.32. The zero-order chi connectivity index (χ0) is 21.8. The van der Waals surface area contributed by atoms with Gasteiger partial charge in [0, 0.05) is 29.6 Å². The Morgan fingerprint density at radius 3 is 2.91 bits per heavy atom. The second kappa shape index (κ2) is 8.55. The normalized spacial score (nSPS) is 18.9. The highest BCUT2D eigenvalue weighted by Gasteiger charge is 2.28. The van der Waals surface area contributed by atoms with Crippen LogP contribution in [0.3, 0.4) is 0 Å². The second-order valence-corrected chi connectivity index (χ2v) is 7.97. The summed E-state index contributed by atoms with van der Waals surface area (Å²) in [5.41, 5.74) is 5.17. The summed E-state index contributed by atoms with van der Waals surface area (Å²) < 4.78 is 6.06. The van der Waals surface area contributed by atoms with Gasteiger partial charge in [-0.1, -0.05) is 54.6 Å². The fraction of sp³-hybridized carbons (Fsp3) is 0.160. The van der Waals surface area contributed by atoms with Gasteiger partial charge in [0.15, 0.2) is 0 Å². The van der Waals surface area contributed by atoms with Crippen LogP contribution in [-0.4, -0.2) is 32.8 Å². The Labute approximate surface area is 186 Å². The first-order valence-corrected chi connectivity index (χ1v) is 10.5. The van der Waals surface area contributed by atoms with E-state index < -0.39 is 0 Å². The molecule has 2 aromatic carbocycles. The van der Waals surface area contributed by atoms with Crippen LogP contribution in [0.25, 0.3) is 11.4 Å². The molecule has 2 aliphatic rings. The number of rotatable bonds is 7. The molecule has 0 radical (unpaired) electrons. The van der Waals surface area contributed by atoms with E-state index in [0.717, 1.165) is 28.3 Å². The van der Waals surface area contributed by atoms with Gasteiger partial charge in [-0.2, -0.15) is 5.21 Å². The quantitative estimate of drug-likeness (QED) is 0.528. The standard InChI is InChI=1S/C25H24N6O/c1-25-13-3-2-8-20(25)11-12-22(27-25)17-32-23-10-5-9-21(15-23)26-16-18-6-4-7-19(14-18)24-28-30-31-29-24/h2-15,26-27H,16-17H2,1H3,(H,28,29,30,31). The van der Waals surface area contributed by atoms with Crippen molar-refractivity contribution in [1.82, 2.24) is 25.9 Å². The van der Waals surface area contributed by atoms with Gasteiger partial charge in [-0.05, 0) is 47.5 Å². The predicted molar refractivity (Wildman–Crippen MR) is 125 cm³/mol. The SMILES string of the molecule is CC12C=CC=CC1=CC=C(COc1cccc(NCc3cccc(-c4nn[nH]n4)c3)c1)N2. The first kappa shape index (κ1) is 19.8. The molecule has 3 aromatic rings. The zero-order valence-corrected chi connectivity index (χ0v) is 17.7. The number of benzene rings is 2. The van der Waals surface area contributed by atoms with E-state index in [1.165, 1.54) is 5.57 Å². The van der Waals surface area contributed by atoms with Gasteiger partial charge in [-0.25, -0.2) is 0 Å². The Morgan fingerprint density at radius 2 is 2.00 bits per heavy atom. The molecule has 1 aromatic heterocycles. The van der Waals surface area contributed by atoms with Crippen LogP contribution in [0.2, 0.25) is 0 Å². The van der Waals surface area contributed by atoms with E-state index in [-0.39, 0.29) is 5.54 Å². The van der Waals surface area contributed by atoms with Crippen LogP contribution in [0.5, 0.6) is 5.75 Å². The van der Waals surface area contributed by atoms with Gasteiger partial charge < -0.3 is 15.4 Å². The topological polar surface area (TPSA) is 87.8 Å². The van der Waals surface area contributed by atoms with Gasteiger partial charge in [-0.3, -0.25) is 0 Å². The van der Waals surface area contributed by atoms with Gasteiger partial charge in [0.25, 0.3) is 0 Å². The van der Waals surface area contributed by atoms with E-state index in [2.05, 4.69) is 86.8 Å². The Balaban J connectivity index is 1.20. The third-order valence-electron chi connectivity index (χ3n) is 5.56. The van der Waals surface area contributed by atoms with Crippen molar-refractivity contribution in [3.8, 4) is 17.1 Å². The number of H-pyrrole nitrogens is 1. The number of aromatic nitrogens is 4. The third-order valence-corrected chi connectivity index (χ3v) is 5.56. The van der Waals surface area contributed by atoms with Crippen molar-refractivity contribution in [2.24, 2.45) is 0 Å². The highest BCUT2D eigenvalue weighted by atomic mass is 16.5. The maximum atomic E-state index is 6.06. The van der Waals surface area contributed by atoms with Crippen LogP contribution in [0.4, 0.5) is 5.69 Å². The molecule has 3 N–H and O–H groups in total. The minimum absolute atomic E-state index is 0.179. The summed E-state index contributed by atoms with van der Waals surface area (Å²) in [5, 5.41) is 21.2. The molecule has 0 saturated carbocycles. The molecule has 5 rings (SSSR count). The van der Waals surface area contributed by atoms with Crippen LogP contribution in [-0.2, 0) is 6.54 Å². The number of ether oxygens (including phenoxy) is 1. The highest BCUT2D eigenvalue weighted by Crippen LogP contribution is 2.28. The lowest BCUT2D eigenvalue weighted by Crippen LogP contribution is -2.44. The molecule has 2 heterocycles. The van der Waals surface area contributed by atoms with Crippen molar-refractivity contribution >= 4 is 5.69 Å². The van der Waals surface area contributed by atoms with E-state index in [0.29, 0.717) is 19.0 Å². The average Bonchev–Trinajstić information content (AvgIpc) is 3.36. The lowest BCUT2D eigenvalue weighted by molar-refractivity contribution is 0.333. The number of fused-ring (bicyclic) bond motifs is 1. The van der Waals surface area contributed by atoms with Crippen molar-refractivity contribution in [3.63, 3.8) is 0 Å².